The van der Waals surface area contributed by atoms with Crippen LogP contribution in [0.4, 0.5) is 0 Å². The van der Waals surface area contributed by atoms with Crippen molar-refractivity contribution in [2.75, 3.05) is 19.6 Å². The number of primary amides is 2. The van der Waals surface area contributed by atoms with Crippen LogP contribution < -0.4 is 16.8 Å². The monoisotopic (exact) mass is 312 g/mol. The molecule has 1 fully saturated rings. The standard InChI is InChI=1S/C15H28N4O3/c16-13(20)6-2-1-3-9-18-12(7-8-14(17)21)15(22)19-10-4-5-11-19/h12,18H,1-11H2,(H2,16,20)(H2,17,21). The van der Waals surface area contributed by atoms with Gasteiger partial charge in [-0.05, 0) is 38.6 Å². The first kappa shape index (κ1) is 18.4. The van der Waals surface area contributed by atoms with Crippen LogP contribution in [0.3, 0.4) is 0 Å². The molecule has 0 saturated carbocycles. The number of likely N-dealkylation sites (tertiary alicyclic amines) is 1. The van der Waals surface area contributed by atoms with Gasteiger partial charge in [0.25, 0.3) is 0 Å². The maximum atomic E-state index is 12.4. The van der Waals surface area contributed by atoms with Crippen LogP contribution >= 0.6 is 0 Å². The third kappa shape index (κ3) is 7.40. The van der Waals surface area contributed by atoms with Crippen molar-refractivity contribution in [3.63, 3.8) is 0 Å². The summed E-state index contributed by atoms with van der Waals surface area (Å²) in [5.74, 6) is -0.602. The van der Waals surface area contributed by atoms with Crippen molar-refractivity contribution in [1.29, 1.82) is 0 Å². The molecule has 5 N–H and O–H groups in total. The SMILES string of the molecule is NC(=O)CCCCCNC(CCC(N)=O)C(=O)N1CCCC1. The van der Waals surface area contributed by atoms with Gasteiger partial charge >= 0.3 is 0 Å². The van der Waals surface area contributed by atoms with Gasteiger partial charge in [0, 0.05) is 25.9 Å². The Morgan fingerprint density at radius 1 is 0.955 bits per heavy atom. The van der Waals surface area contributed by atoms with Crippen molar-refractivity contribution in [2.24, 2.45) is 11.5 Å². The molecule has 1 rings (SSSR count). The van der Waals surface area contributed by atoms with Crippen LogP contribution in [0.5, 0.6) is 0 Å². The molecule has 7 heteroatoms. The second kappa shape index (κ2) is 10.2. The maximum absolute atomic E-state index is 12.4. The van der Waals surface area contributed by atoms with E-state index in [2.05, 4.69) is 5.32 Å². The quantitative estimate of drug-likeness (QED) is 0.461. The lowest BCUT2D eigenvalue weighted by molar-refractivity contribution is -0.132. The Balaban J connectivity index is 2.32. The molecule has 1 heterocycles. The highest BCUT2D eigenvalue weighted by molar-refractivity contribution is 5.83. The first-order chi connectivity index (χ1) is 10.5. The molecule has 3 amide bonds. The van der Waals surface area contributed by atoms with Crippen molar-refractivity contribution in [3.8, 4) is 0 Å². The van der Waals surface area contributed by atoms with Crippen LogP contribution in [0.15, 0.2) is 0 Å². The maximum Gasteiger partial charge on any atom is 0.239 e. The molecule has 1 atom stereocenters. The molecular weight excluding hydrogens is 284 g/mol. The Morgan fingerprint density at radius 2 is 1.59 bits per heavy atom. The van der Waals surface area contributed by atoms with E-state index in [1.165, 1.54) is 0 Å². The van der Waals surface area contributed by atoms with E-state index in [4.69, 9.17) is 11.5 Å². The van der Waals surface area contributed by atoms with Crippen molar-refractivity contribution in [2.45, 2.75) is 57.4 Å². The van der Waals surface area contributed by atoms with Crippen LogP contribution in [0, 0.1) is 0 Å². The average molecular weight is 312 g/mol. The zero-order chi connectivity index (χ0) is 16.4. The third-order valence-electron chi connectivity index (χ3n) is 3.89. The molecule has 1 aliphatic heterocycles. The minimum absolute atomic E-state index is 0.0656. The van der Waals surface area contributed by atoms with Crippen LogP contribution in [0.1, 0.15) is 51.4 Å². The van der Waals surface area contributed by atoms with Gasteiger partial charge in [0.2, 0.25) is 17.7 Å². The number of carbonyl (C=O) groups excluding carboxylic acids is 3. The second-order valence-corrected chi connectivity index (χ2v) is 5.82. The number of hydrogen-bond donors (Lipinski definition) is 3. The summed E-state index contributed by atoms with van der Waals surface area (Å²) in [7, 11) is 0. The first-order valence-electron chi connectivity index (χ1n) is 8.09. The Hall–Kier alpha value is -1.63. The molecule has 126 valence electrons. The van der Waals surface area contributed by atoms with Gasteiger partial charge in [-0.2, -0.15) is 0 Å². The minimum Gasteiger partial charge on any atom is -0.370 e. The lowest BCUT2D eigenvalue weighted by Crippen LogP contribution is -2.46. The fourth-order valence-electron chi connectivity index (χ4n) is 2.63. The predicted octanol–water partition coefficient (Wildman–Crippen LogP) is -0.122. The van der Waals surface area contributed by atoms with Gasteiger partial charge in [-0.1, -0.05) is 6.42 Å². The van der Waals surface area contributed by atoms with Gasteiger partial charge in [0.1, 0.15) is 0 Å². The normalized spacial score (nSPS) is 15.7. The molecule has 0 aliphatic carbocycles. The van der Waals surface area contributed by atoms with Crippen molar-refractivity contribution >= 4 is 17.7 Å². The molecule has 0 spiro atoms. The van der Waals surface area contributed by atoms with Gasteiger partial charge in [0.05, 0.1) is 6.04 Å². The number of nitrogens with two attached hydrogens (primary N) is 2. The van der Waals surface area contributed by atoms with Crippen LogP contribution in [-0.4, -0.2) is 48.3 Å². The highest BCUT2D eigenvalue weighted by Crippen LogP contribution is 2.11. The topological polar surface area (TPSA) is 119 Å². The first-order valence-corrected chi connectivity index (χ1v) is 8.09. The Bertz CT molecular complexity index is 381. The van der Waals surface area contributed by atoms with Gasteiger partial charge in [-0.25, -0.2) is 0 Å². The van der Waals surface area contributed by atoms with Gasteiger partial charge < -0.3 is 21.7 Å². The number of hydrogen-bond acceptors (Lipinski definition) is 4. The number of nitrogens with one attached hydrogen (secondary N) is 1. The summed E-state index contributed by atoms with van der Waals surface area (Å²) in [6, 6.07) is -0.346. The van der Waals surface area contributed by atoms with Gasteiger partial charge in [0.15, 0.2) is 0 Å². The smallest absolute Gasteiger partial charge is 0.239 e. The lowest BCUT2D eigenvalue weighted by Gasteiger charge is -2.24. The van der Waals surface area contributed by atoms with Crippen LogP contribution in [0.25, 0.3) is 0 Å². The summed E-state index contributed by atoms with van der Waals surface area (Å²) in [6.07, 6.45) is 5.65. The minimum atomic E-state index is -0.387. The van der Waals surface area contributed by atoms with Crippen molar-refractivity contribution in [3.05, 3.63) is 0 Å². The molecule has 1 saturated heterocycles. The average Bonchev–Trinajstić information content (AvgIpc) is 2.98. The van der Waals surface area contributed by atoms with E-state index in [0.29, 0.717) is 19.4 Å². The summed E-state index contributed by atoms with van der Waals surface area (Å²) in [6.45, 7) is 2.28. The Morgan fingerprint density at radius 3 is 2.18 bits per heavy atom. The molecular formula is C15H28N4O3. The summed E-state index contributed by atoms with van der Waals surface area (Å²) in [5.41, 5.74) is 10.3. The molecule has 1 aliphatic rings. The van der Waals surface area contributed by atoms with Gasteiger partial charge in [-0.15, -0.1) is 0 Å². The number of amides is 3. The van der Waals surface area contributed by atoms with E-state index in [9.17, 15) is 14.4 Å². The van der Waals surface area contributed by atoms with E-state index in [1.54, 1.807) is 0 Å². The summed E-state index contributed by atoms with van der Waals surface area (Å²) in [5, 5.41) is 3.22. The number of carbonyl (C=O) groups is 3. The summed E-state index contributed by atoms with van der Waals surface area (Å²) < 4.78 is 0. The van der Waals surface area contributed by atoms with Crippen LogP contribution in [-0.2, 0) is 14.4 Å². The molecule has 0 aromatic heterocycles. The lowest BCUT2D eigenvalue weighted by atomic mass is 10.1. The third-order valence-corrected chi connectivity index (χ3v) is 3.89. The molecule has 0 bridgehead atoms. The summed E-state index contributed by atoms with van der Waals surface area (Å²) >= 11 is 0. The highest BCUT2D eigenvalue weighted by Gasteiger charge is 2.26. The Kier molecular flexibility index (Phi) is 8.50. The van der Waals surface area contributed by atoms with Gasteiger partial charge in [-0.3, -0.25) is 14.4 Å². The van der Waals surface area contributed by atoms with E-state index < -0.39 is 0 Å². The van der Waals surface area contributed by atoms with E-state index in [-0.39, 0.29) is 30.2 Å². The zero-order valence-electron chi connectivity index (χ0n) is 13.2. The number of unbranched alkanes of at least 4 members (excludes halogenated alkanes) is 2. The Labute approximate surface area is 131 Å². The number of nitrogens with zero attached hydrogens (tertiary/aromatic N) is 1. The fraction of sp³-hybridized carbons (Fsp3) is 0.800. The largest absolute Gasteiger partial charge is 0.370 e. The van der Waals surface area contributed by atoms with Crippen LogP contribution in [0.2, 0.25) is 0 Å². The fourth-order valence-corrected chi connectivity index (χ4v) is 2.63. The predicted molar refractivity (Wildman–Crippen MR) is 83.7 cm³/mol. The van der Waals surface area contributed by atoms with E-state index >= 15 is 0 Å². The highest BCUT2D eigenvalue weighted by atomic mass is 16.2. The second-order valence-electron chi connectivity index (χ2n) is 5.82. The molecule has 0 aromatic carbocycles. The molecule has 7 nitrogen and oxygen atoms in total. The summed E-state index contributed by atoms with van der Waals surface area (Å²) in [4.78, 5) is 35.9. The molecule has 22 heavy (non-hydrogen) atoms. The number of rotatable bonds is 11. The zero-order valence-corrected chi connectivity index (χ0v) is 13.2. The van der Waals surface area contributed by atoms with E-state index in [0.717, 1.165) is 45.2 Å². The molecule has 0 aromatic rings. The molecule has 0 radical (unpaired) electrons. The van der Waals surface area contributed by atoms with E-state index in [1.807, 2.05) is 4.90 Å². The van der Waals surface area contributed by atoms with Crippen molar-refractivity contribution < 1.29 is 14.4 Å². The van der Waals surface area contributed by atoms with Crippen molar-refractivity contribution in [1.82, 2.24) is 10.2 Å². The molecule has 1 unspecified atom stereocenters.